The lowest BCUT2D eigenvalue weighted by Crippen LogP contribution is -2.48. The maximum Gasteiger partial charge on any atom is 0.244 e. The minimum atomic E-state index is -0.892. The molecule has 0 aliphatic rings. The number of benzene rings is 2. The van der Waals surface area contributed by atoms with E-state index in [4.69, 9.17) is 5.73 Å². The molecule has 7 nitrogen and oxygen atoms in total. The molecule has 0 aliphatic heterocycles. The molecule has 0 unspecified atom stereocenters. The average molecular weight is 377 g/mol. The van der Waals surface area contributed by atoms with Gasteiger partial charge in [-0.15, -0.1) is 0 Å². The lowest BCUT2D eigenvalue weighted by Gasteiger charge is -2.22. The van der Waals surface area contributed by atoms with Crippen LogP contribution in [0.15, 0.2) is 73.2 Å². The van der Waals surface area contributed by atoms with Crippen molar-refractivity contribution in [3.05, 3.63) is 90.0 Å². The van der Waals surface area contributed by atoms with Crippen molar-refractivity contribution in [2.24, 2.45) is 5.73 Å². The SMILES string of the molecule is NC(=O)[C@@H](NC(=O)[C@H](Cc1cnc[nH]1)NCc1ccccc1)c1ccccc1. The highest BCUT2D eigenvalue weighted by atomic mass is 16.2. The first-order valence-corrected chi connectivity index (χ1v) is 9.02. The van der Waals surface area contributed by atoms with Gasteiger partial charge in [-0.25, -0.2) is 4.98 Å². The van der Waals surface area contributed by atoms with Crippen LogP contribution in [-0.4, -0.2) is 27.8 Å². The van der Waals surface area contributed by atoms with Crippen LogP contribution in [0.3, 0.4) is 0 Å². The Morgan fingerprint density at radius 2 is 1.71 bits per heavy atom. The van der Waals surface area contributed by atoms with E-state index < -0.39 is 18.0 Å². The molecule has 0 saturated heterocycles. The summed E-state index contributed by atoms with van der Waals surface area (Å²) in [5.74, 6) is -0.916. The number of rotatable bonds is 9. The first-order valence-electron chi connectivity index (χ1n) is 9.02. The van der Waals surface area contributed by atoms with Crippen LogP contribution in [0.2, 0.25) is 0 Å². The van der Waals surface area contributed by atoms with Gasteiger partial charge in [0.1, 0.15) is 6.04 Å². The third-order valence-electron chi connectivity index (χ3n) is 4.39. The number of H-pyrrole nitrogens is 1. The monoisotopic (exact) mass is 377 g/mol. The minimum absolute atomic E-state index is 0.307. The Labute approximate surface area is 163 Å². The molecule has 3 rings (SSSR count). The fraction of sp³-hybridized carbons (Fsp3) is 0.190. The van der Waals surface area contributed by atoms with Gasteiger partial charge in [0.2, 0.25) is 11.8 Å². The average Bonchev–Trinajstić information content (AvgIpc) is 3.23. The van der Waals surface area contributed by atoms with E-state index in [1.807, 2.05) is 36.4 Å². The fourth-order valence-corrected chi connectivity index (χ4v) is 2.92. The standard InChI is InChI=1S/C21H23N5O2/c22-20(27)19(16-9-5-2-6-10-16)26-21(28)18(11-17-13-23-14-25-17)24-12-15-7-3-1-4-8-15/h1-10,13-14,18-19,24H,11-12H2,(H2,22,27)(H,23,25)(H,26,28)/t18-,19-/m0/s1. The summed E-state index contributed by atoms with van der Waals surface area (Å²) in [6.45, 7) is 0.514. The summed E-state index contributed by atoms with van der Waals surface area (Å²) in [7, 11) is 0. The first-order chi connectivity index (χ1) is 13.6. The number of hydrogen-bond donors (Lipinski definition) is 4. The van der Waals surface area contributed by atoms with E-state index in [9.17, 15) is 9.59 Å². The molecule has 0 aliphatic carbocycles. The third-order valence-corrected chi connectivity index (χ3v) is 4.39. The molecule has 5 N–H and O–H groups in total. The zero-order valence-electron chi connectivity index (χ0n) is 15.3. The second-order valence-electron chi connectivity index (χ2n) is 6.45. The van der Waals surface area contributed by atoms with E-state index in [2.05, 4.69) is 20.6 Å². The summed E-state index contributed by atoms with van der Waals surface area (Å²) in [5, 5.41) is 6.03. The van der Waals surface area contributed by atoms with Gasteiger partial charge in [0.15, 0.2) is 0 Å². The topological polar surface area (TPSA) is 113 Å². The summed E-state index contributed by atoms with van der Waals surface area (Å²) in [6, 6.07) is 17.3. The Kier molecular flexibility index (Phi) is 6.54. The summed E-state index contributed by atoms with van der Waals surface area (Å²) < 4.78 is 0. The molecule has 1 aromatic heterocycles. The Morgan fingerprint density at radius 1 is 1.04 bits per heavy atom. The molecule has 1 heterocycles. The van der Waals surface area contributed by atoms with Gasteiger partial charge in [-0.1, -0.05) is 60.7 Å². The Morgan fingerprint density at radius 3 is 2.32 bits per heavy atom. The van der Waals surface area contributed by atoms with Crippen LogP contribution in [-0.2, 0) is 22.6 Å². The highest BCUT2D eigenvalue weighted by molar-refractivity contribution is 5.90. The number of carbonyl (C=O) groups is 2. The predicted octanol–water partition coefficient (Wildman–Crippen LogP) is 1.45. The smallest absolute Gasteiger partial charge is 0.244 e. The van der Waals surface area contributed by atoms with Gasteiger partial charge in [0.25, 0.3) is 0 Å². The normalized spacial score (nSPS) is 12.9. The number of nitrogens with one attached hydrogen (secondary N) is 3. The lowest BCUT2D eigenvalue weighted by molar-refractivity contribution is -0.128. The molecule has 28 heavy (non-hydrogen) atoms. The van der Waals surface area contributed by atoms with E-state index >= 15 is 0 Å². The fourth-order valence-electron chi connectivity index (χ4n) is 2.92. The molecular weight excluding hydrogens is 354 g/mol. The summed E-state index contributed by atoms with van der Waals surface area (Å²) in [6.07, 6.45) is 3.64. The molecule has 0 fully saturated rings. The molecule has 2 aromatic carbocycles. The molecule has 7 heteroatoms. The Balaban J connectivity index is 1.73. The Hall–Kier alpha value is -3.45. The summed E-state index contributed by atoms with van der Waals surface area (Å²) in [4.78, 5) is 31.9. The van der Waals surface area contributed by atoms with Crippen molar-refractivity contribution in [2.45, 2.75) is 25.0 Å². The molecule has 0 spiro atoms. The van der Waals surface area contributed by atoms with Crippen LogP contribution in [0.5, 0.6) is 0 Å². The van der Waals surface area contributed by atoms with E-state index in [1.54, 1.807) is 36.8 Å². The maximum absolute atomic E-state index is 13.0. The highest BCUT2D eigenvalue weighted by Gasteiger charge is 2.25. The summed E-state index contributed by atoms with van der Waals surface area (Å²) >= 11 is 0. The van der Waals surface area contributed by atoms with Crippen LogP contribution in [0, 0.1) is 0 Å². The van der Waals surface area contributed by atoms with Crippen molar-refractivity contribution >= 4 is 11.8 Å². The van der Waals surface area contributed by atoms with Crippen LogP contribution in [0.1, 0.15) is 22.9 Å². The van der Waals surface area contributed by atoms with Gasteiger partial charge >= 0.3 is 0 Å². The molecule has 0 bridgehead atoms. The van der Waals surface area contributed by atoms with E-state index in [1.165, 1.54) is 0 Å². The molecule has 144 valence electrons. The van der Waals surface area contributed by atoms with Crippen molar-refractivity contribution in [3.63, 3.8) is 0 Å². The van der Waals surface area contributed by atoms with Gasteiger partial charge < -0.3 is 21.4 Å². The minimum Gasteiger partial charge on any atom is -0.368 e. The lowest BCUT2D eigenvalue weighted by atomic mass is 10.0. The van der Waals surface area contributed by atoms with Gasteiger partial charge in [0, 0.05) is 24.9 Å². The molecule has 0 saturated carbocycles. The first kappa shape index (κ1) is 19.3. The van der Waals surface area contributed by atoms with Crippen molar-refractivity contribution in [1.29, 1.82) is 0 Å². The number of aromatic nitrogens is 2. The second-order valence-corrected chi connectivity index (χ2v) is 6.45. The molecule has 0 radical (unpaired) electrons. The van der Waals surface area contributed by atoms with E-state index in [-0.39, 0.29) is 5.91 Å². The predicted molar refractivity (Wildman–Crippen MR) is 106 cm³/mol. The molecule has 2 amide bonds. The summed E-state index contributed by atoms with van der Waals surface area (Å²) in [5.41, 5.74) is 8.04. The largest absolute Gasteiger partial charge is 0.368 e. The number of hydrogen-bond acceptors (Lipinski definition) is 4. The number of primary amides is 1. The second kappa shape index (κ2) is 9.48. The number of carbonyl (C=O) groups excluding carboxylic acids is 2. The van der Waals surface area contributed by atoms with Crippen LogP contribution >= 0.6 is 0 Å². The molecule has 3 aromatic rings. The zero-order valence-corrected chi connectivity index (χ0v) is 15.3. The quantitative estimate of drug-likeness (QED) is 0.452. The van der Waals surface area contributed by atoms with Gasteiger partial charge in [0.05, 0.1) is 12.4 Å². The molecule has 2 atom stereocenters. The third kappa shape index (κ3) is 5.28. The van der Waals surface area contributed by atoms with Crippen LogP contribution < -0.4 is 16.4 Å². The zero-order chi connectivity index (χ0) is 19.8. The van der Waals surface area contributed by atoms with Gasteiger partial charge in [-0.3, -0.25) is 9.59 Å². The van der Waals surface area contributed by atoms with E-state index in [0.717, 1.165) is 11.3 Å². The number of imidazole rings is 1. The maximum atomic E-state index is 13.0. The van der Waals surface area contributed by atoms with Crippen molar-refractivity contribution < 1.29 is 9.59 Å². The van der Waals surface area contributed by atoms with Crippen LogP contribution in [0.4, 0.5) is 0 Å². The number of amides is 2. The van der Waals surface area contributed by atoms with E-state index in [0.29, 0.717) is 18.5 Å². The molecular formula is C21H23N5O2. The van der Waals surface area contributed by atoms with Crippen molar-refractivity contribution in [2.75, 3.05) is 0 Å². The number of nitrogens with zero attached hydrogens (tertiary/aromatic N) is 1. The highest BCUT2D eigenvalue weighted by Crippen LogP contribution is 2.13. The van der Waals surface area contributed by atoms with Crippen LogP contribution in [0.25, 0.3) is 0 Å². The van der Waals surface area contributed by atoms with Gasteiger partial charge in [-0.2, -0.15) is 0 Å². The number of aromatic amines is 1. The van der Waals surface area contributed by atoms with Gasteiger partial charge in [-0.05, 0) is 11.1 Å². The number of nitrogens with two attached hydrogens (primary N) is 1. The van der Waals surface area contributed by atoms with Crippen molar-refractivity contribution in [1.82, 2.24) is 20.6 Å². The van der Waals surface area contributed by atoms with Crippen molar-refractivity contribution in [3.8, 4) is 0 Å². The Bertz CT molecular complexity index is 882.